The Morgan fingerprint density at radius 1 is 0.465 bits per heavy atom. The van der Waals surface area contributed by atoms with Gasteiger partial charge in [-0.05, 0) is 153 Å². The molecule has 8 aromatic rings. The Bertz CT molecular complexity index is 4590. The summed E-state index contributed by atoms with van der Waals surface area (Å²) in [5, 5.41) is 16.5. The molecule has 0 aromatic heterocycles. The molecule has 1 saturated carbocycles. The van der Waals surface area contributed by atoms with Gasteiger partial charge in [-0.3, -0.25) is 28.7 Å². The second kappa shape index (κ2) is 24.8. The lowest BCUT2D eigenvalue weighted by Crippen LogP contribution is -2.84. The summed E-state index contributed by atoms with van der Waals surface area (Å²) in [6.07, 6.45) is 1.22. The molecule has 7 atom stereocenters. The first-order valence-corrected chi connectivity index (χ1v) is 39.5. The van der Waals surface area contributed by atoms with Crippen molar-refractivity contribution in [1.82, 2.24) is 9.80 Å². The fraction of sp³-hybridized carbons (Fsp3) is 0.412. The number of nitrogens with zero attached hydrogens (tertiary/aromatic N) is 6. The normalized spacial score (nSPS) is 25.9. The van der Waals surface area contributed by atoms with Crippen molar-refractivity contribution in [3.8, 4) is 33.8 Å². The maximum atomic E-state index is 18.3. The minimum absolute atomic E-state index is 0.0245. The molecular formula is C85H100N6O6P2. The predicted octanol–water partition coefficient (Wildman–Crippen LogP) is 22.1. The second-order valence-corrected chi connectivity index (χ2v) is 36.9. The minimum atomic E-state index is -4.62. The van der Waals surface area contributed by atoms with E-state index in [1.807, 2.05) is 94.7 Å². The average molecular weight is 1360 g/mol. The van der Waals surface area contributed by atoms with Crippen LogP contribution in [-0.2, 0) is 13.9 Å². The molecule has 0 amide bonds. The quantitative estimate of drug-likeness (QED) is 0.0994. The Morgan fingerprint density at radius 3 is 1.33 bits per heavy atom. The van der Waals surface area contributed by atoms with Crippen LogP contribution in [0.25, 0.3) is 22.3 Å². The van der Waals surface area contributed by atoms with Crippen LogP contribution in [0.4, 0.5) is 22.7 Å². The van der Waals surface area contributed by atoms with Crippen molar-refractivity contribution in [3.63, 3.8) is 0 Å². The molecule has 6 aliphatic rings. The maximum absolute atomic E-state index is 18.3. The van der Waals surface area contributed by atoms with E-state index in [1.54, 1.807) is 0 Å². The second-order valence-electron chi connectivity index (χ2n) is 32.1. The molecule has 1 N–H and O–H groups in total. The highest BCUT2D eigenvalue weighted by atomic mass is 31.2. The smallest absolute Gasteiger partial charge is 0.352 e. The van der Waals surface area contributed by atoms with Crippen molar-refractivity contribution in [3.05, 3.63) is 214 Å². The third-order valence-corrected chi connectivity index (χ3v) is 27.3. The molecule has 5 aliphatic heterocycles. The molecule has 1 aliphatic carbocycles. The number of rotatable bonds is 15. The van der Waals surface area contributed by atoms with Crippen molar-refractivity contribution in [2.45, 2.75) is 209 Å². The number of hydrogen-bond donors (Lipinski definition) is 1. The van der Waals surface area contributed by atoms with Gasteiger partial charge in [-0.1, -0.05) is 263 Å². The third kappa shape index (κ3) is 10.5. The number of guanidine groups is 2. The molecule has 0 radical (unpaired) electrons. The molecule has 14 heteroatoms. The molecule has 2 saturated heterocycles. The molecule has 3 fully saturated rings. The number of anilines is 2. The highest BCUT2D eigenvalue weighted by Gasteiger charge is 2.78. The van der Waals surface area contributed by atoms with E-state index in [4.69, 9.17) is 23.8 Å². The van der Waals surface area contributed by atoms with E-state index >= 15 is 14.2 Å². The van der Waals surface area contributed by atoms with Gasteiger partial charge in [0.2, 0.25) is 11.9 Å². The molecule has 0 bridgehead atoms. The number of fused-ring (bicyclic) bond motifs is 9. The lowest BCUT2D eigenvalue weighted by atomic mass is 9.62. The zero-order chi connectivity index (χ0) is 70.4. The molecule has 12 nitrogen and oxygen atoms in total. The van der Waals surface area contributed by atoms with Crippen molar-refractivity contribution in [2.75, 3.05) is 16.3 Å². The van der Waals surface area contributed by atoms with E-state index < -0.39 is 48.9 Å². The molecule has 7 unspecified atom stereocenters. The van der Waals surface area contributed by atoms with Gasteiger partial charge in [0.1, 0.15) is 11.5 Å². The first-order valence-electron chi connectivity index (χ1n) is 36.2. The van der Waals surface area contributed by atoms with Gasteiger partial charge in [0.05, 0.1) is 39.5 Å². The largest absolute Gasteiger partial charge is 0.435 e. The standard InChI is InChI=1S/C85H100N6O6P2/c1-51(2)60-35-27-36-61(52(3)4)76(60)86-80-88(84(92,90(80)78-64(55(9)10)39-29-40-65(78)56(11)12)98(93)74-45-25-21-33-70(74)68-31-19-23-43-72(68)96-98)50-83(18)48-59(47-82(16,17)49-83)89-81(87-77-62(53(5)6)37-28-38-63(77)54(7)8)91-79-66(57(13)14)41-30-42-67(79)58(15)95-85(89,91)99(94)75-46-26-22-34-71(75)69-32-20-24-44-73(69)97-99/h19-46,51-59,92H,47-50H2,1-18H3. The zero-order valence-corrected chi connectivity index (χ0v) is 63.0. The monoisotopic (exact) mass is 1360 g/mol. The van der Waals surface area contributed by atoms with Crippen molar-refractivity contribution in [2.24, 2.45) is 20.8 Å². The third-order valence-electron chi connectivity index (χ3n) is 21.9. The highest BCUT2D eigenvalue weighted by molar-refractivity contribution is 7.70. The van der Waals surface area contributed by atoms with Crippen molar-refractivity contribution >= 4 is 60.0 Å². The predicted molar refractivity (Wildman–Crippen MR) is 408 cm³/mol. The summed E-state index contributed by atoms with van der Waals surface area (Å²) in [5.74, 6) is 2.45. The van der Waals surface area contributed by atoms with Crippen LogP contribution in [0.3, 0.4) is 0 Å². The fourth-order valence-electron chi connectivity index (χ4n) is 17.6. The van der Waals surface area contributed by atoms with Crippen LogP contribution in [0.5, 0.6) is 11.5 Å². The van der Waals surface area contributed by atoms with Crippen LogP contribution in [0.1, 0.15) is 236 Å². The molecule has 516 valence electrons. The van der Waals surface area contributed by atoms with Crippen LogP contribution < -0.4 is 29.5 Å². The number of hydrogen-bond acceptors (Lipinski definition) is 8. The van der Waals surface area contributed by atoms with Crippen LogP contribution in [-0.4, -0.2) is 50.6 Å². The Balaban J connectivity index is 1.05. The Kier molecular flexibility index (Phi) is 17.2. The topological polar surface area (TPSA) is 120 Å². The van der Waals surface area contributed by atoms with Crippen molar-refractivity contribution < 1.29 is 28.0 Å². The van der Waals surface area contributed by atoms with E-state index in [-0.39, 0.29) is 48.0 Å². The van der Waals surface area contributed by atoms with Gasteiger partial charge in [0.25, 0.3) is 0 Å². The van der Waals surface area contributed by atoms with Gasteiger partial charge in [-0.25, -0.2) is 9.98 Å². The Morgan fingerprint density at radius 2 is 0.859 bits per heavy atom. The first-order chi connectivity index (χ1) is 47.0. The van der Waals surface area contributed by atoms with E-state index in [0.29, 0.717) is 53.3 Å². The number of aliphatic imine (C=N–C) groups is 2. The zero-order valence-electron chi connectivity index (χ0n) is 61.3. The Hall–Kier alpha value is -7.72. The average Bonchev–Trinajstić information content (AvgIpc) is 0.656. The summed E-state index contributed by atoms with van der Waals surface area (Å²) in [4.78, 5) is 20.6. The molecule has 0 spiro atoms. The van der Waals surface area contributed by atoms with Crippen molar-refractivity contribution in [1.29, 1.82) is 0 Å². The number of benzene rings is 8. The van der Waals surface area contributed by atoms with Gasteiger partial charge in [0.15, 0.2) is 0 Å². The number of para-hydroxylation sites is 6. The van der Waals surface area contributed by atoms with Gasteiger partial charge in [-0.2, -0.15) is 0 Å². The van der Waals surface area contributed by atoms with Gasteiger partial charge >= 0.3 is 25.9 Å². The van der Waals surface area contributed by atoms with Gasteiger partial charge in [-0.15, -0.1) is 0 Å². The van der Waals surface area contributed by atoms with E-state index in [9.17, 15) is 0 Å². The summed E-state index contributed by atoms with van der Waals surface area (Å²) >= 11 is 0. The summed E-state index contributed by atoms with van der Waals surface area (Å²) in [6, 6.07) is 57.0. The Labute approximate surface area is 588 Å². The molecule has 8 aromatic carbocycles. The number of aliphatic hydroxyl groups is 1. The molecule has 14 rings (SSSR count). The number of ether oxygens (including phenoxy) is 1. The first kappa shape index (κ1) is 68.4. The molecule has 5 heterocycles. The van der Waals surface area contributed by atoms with Crippen LogP contribution >= 0.6 is 14.7 Å². The summed E-state index contributed by atoms with van der Waals surface area (Å²) in [6.45, 7) is 40.3. The van der Waals surface area contributed by atoms with Gasteiger partial charge in [0, 0.05) is 29.3 Å². The maximum Gasteiger partial charge on any atom is 0.352 e. The van der Waals surface area contributed by atoms with Gasteiger partial charge < -0.3 is 18.9 Å². The van der Waals surface area contributed by atoms with E-state index in [2.05, 4.69) is 219 Å². The van der Waals surface area contributed by atoms with E-state index in [0.717, 1.165) is 89.5 Å². The molecular weight excluding hydrogens is 1260 g/mol. The summed E-state index contributed by atoms with van der Waals surface area (Å²) in [7, 11) is -9.01. The highest BCUT2D eigenvalue weighted by Crippen LogP contribution is 2.75. The SMILES string of the molecule is CC(C)c1cccc(C(C)C)c1N=C1N(CC2(C)CC(N3C(=Nc4c(C(C)C)cccc4C(C)C)N4c5c(C(C)C)cccc5C(C)OC43P3(=O)Oc4ccccc4-c4ccccc43)CC(C)(C)C2)C(O)(P2(=O)Oc3ccccc3-c3ccccc32)N1c1c(C(C)C)cccc1C(C)C. The summed E-state index contributed by atoms with van der Waals surface area (Å²) < 4.78 is 59.1. The fourth-order valence-corrected chi connectivity index (χ4v) is 23.4. The van der Waals surface area contributed by atoms with Crippen LogP contribution in [0, 0.1) is 10.8 Å². The summed E-state index contributed by atoms with van der Waals surface area (Å²) in [5.41, 5.74) is 9.66. The minimum Gasteiger partial charge on any atom is -0.435 e. The van der Waals surface area contributed by atoms with Crippen LogP contribution in [0.15, 0.2) is 180 Å². The molecule has 99 heavy (non-hydrogen) atoms. The lowest BCUT2D eigenvalue weighted by Gasteiger charge is -2.69. The lowest BCUT2D eigenvalue weighted by molar-refractivity contribution is -0.165. The van der Waals surface area contributed by atoms with E-state index in [1.165, 1.54) is 0 Å². The van der Waals surface area contributed by atoms with Crippen LogP contribution in [0.2, 0.25) is 0 Å².